The summed E-state index contributed by atoms with van der Waals surface area (Å²) in [4.78, 5) is 0. The molecule has 2 atom stereocenters. The highest BCUT2D eigenvalue weighted by Gasteiger charge is 2.07. The van der Waals surface area contributed by atoms with Crippen LogP contribution in [0.5, 0.6) is 0 Å². The van der Waals surface area contributed by atoms with E-state index < -0.39 is 6.10 Å². The minimum Gasteiger partial charge on any atom is -0.389 e. The van der Waals surface area contributed by atoms with Gasteiger partial charge in [-0.15, -0.1) is 0 Å². The molecule has 0 saturated carbocycles. The summed E-state index contributed by atoms with van der Waals surface area (Å²) in [6.45, 7) is 5.12. The van der Waals surface area contributed by atoms with Gasteiger partial charge in [-0.05, 0) is 19.4 Å². The van der Waals surface area contributed by atoms with Gasteiger partial charge in [-0.1, -0.05) is 31.5 Å². The molecule has 0 aromatic heterocycles. The third kappa shape index (κ3) is 6.66. The number of hydrogen-bond acceptors (Lipinski definition) is 3. The molecule has 1 aromatic carbocycles. The summed E-state index contributed by atoms with van der Waals surface area (Å²) in [6, 6.07) is 6.90. The fraction of sp³-hybridized carbons (Fsp3) is 0.600. The number of nitrogens with one attached hydrogen (secondary N) is 1. The highest BCUT2D eigenvalue weighted by molar-refractivity contribution is 5.16. The van der Waals surface area contributed by atoms with Crippen LogP contribution < -0.4 is 5.32 Å². The van der Waals surface area contributed by atoms with Gasteiger partial charge in [-0.2, -0.15) is 0 Å². The van der Waals surface area contributed by atoms with E-state index in [1.54, 1.807) is 18.2 Å². The van der Waals surface area contributed by atoms with Crippen LogP contribution in [0.1, 0.15) is 32.3 Å². The van der Waals surface area contributed by atoms with E-state index >= 15 is 0 Å². The van der Waals surface area contributed by atoms with Crippen LogP contribution in [-0.2, 0) is 11.3 Å². The smallest absolute Gasteiger partial charge is 0.128 e. The summed E-state index contributed by atoms with van der Waals surface area (Å²) in [6.07, 6.45) is 1.64. The van der Waals surface area contributed by atoms with Gasteiger partial charge in [0.25, 0.3) is 0 Å². The van der Waals surface area contributed by atoms with E-state index in [9.17, 15) is 9.50 Å². The highest BCUT2D eigenvalue weighted by atomic mass is 19.1. The predicted molar refractivity (Wildman–Crippen MR) is 74.4 cm³/mol. The maximum absolute atomic E-state index is 13.3. The maximum atomic E-state index is 13.3. The number of halogens is 1. The third-order valence-corrected chi connectivity index (χ3v) is 2.95. The Balaban J connectivity index is 2.17. The quantitative estimate of drug-likeness (QED) is 0.723. The molecule has 0 aliphatic rings. The van der Waals surface area contributed by atoms with Crippen molar-refractivity contribution in [2.24, 2.45) is 0 Å². The molecule has 0 saturated heterocycles. The predicted octanol–water partition coefficient (Wildman–Crippen LogP) is 2.48. The molecule has 3 nitrogen and oxygen atoms in total. The number of aliphatic hydroxyl groups excluding tert-OH is 1. The second-order valence-electron chi connectivity index (χ2n) is 4.86. The lowest BCUT2D eigenvalue weighted by atomic mass is 10.2. The Morgan fingerprint density at radius 1 is 1.37 bits per heavy atom. The second-order valence-corrected chi connectivity index (χ2v) is 4.86. The van der Waals surface area contributed by atoms with E-state index in [1.165, 1.54) is 6.07 Å². The summed E-state index contributed by atoms with van der Waals surface area (Å²) in [5.74, 6) is -0.272. The van der Waals surface area contributed by atoms with E-state index in [1.807, 2.05) is 0 Å². The molecular weight excluding hydrogens is 245 g/mol. The molecule has 0 fully saturated rings. The minimum atomic E-state index is -0.564. The number of benzene rings is 1. The number of hydrogen-bond donors (Lipinski definition) is 2. The lowest BCUT2D eigenvalue weighted by Gasteiger charge is -2.16. The van der Waals surface area contributed by atoms with Gasteiger partial charge in [-0.25, -0.2) is 4.39 Å². The van der Waals surface area contributed by atoms with Crippen LogP contribution in [0.15, 0.2) is 24.3 Å². The Hall–Kier alpha value is -0.970. The molecule has 0 aliphatic heterocycles. The first-order valence-corrected chi connectivity index (χ1v) is 6.86. The van der Waals surface area contributed by atoms with Gasteiger partial charge in [0.2, 0.25) is 0 Å². The minimum absolute atomic E-state index is 0.189. The van der Waals surface area contributed by atoms with Gasteiger partial charge in [0, 0.05) is 18.2 Å². The van der Waals surface area contributed by atoms with E-state index in [4.69, 9.17) is 4.74 Å². The molecule has 4 heteroatoms. The standard InChI is InChI=1S/C15H24FNO2/c1-3-6-12(2)17-9-14(18)11-19-10-13-7-4-5-8-15(13)16/h4-5,7-8,12,14,17-18H,3,6,9-11H2,1-2H3. The van der Waals surface area contributed by atoms with Crippen LogP contribution in [0.25, 0.3) is 0 Å². The lowest BCUT2D eigenvalue weighted by molar-refractivity contribution is 0.0267. The van der Waals surface area contributed by atoms with Crippen molar-refractivity contribution in [2.45, 2.75) is 45.4 Å². The van der Waals surface area contributed by atoms with Crippen molar-refractivity contribution in [2.75, 3.05) is 13.2 Å². The van der Waals surface area contributed by atoms with Gasteiger partial charge in [0.15, 0.2) is 0 Å². The Labute approximate surface area is 114 Å². The van der Waals surface area contributed by atoms with Crippen molar-refractivity contribution < 1.29 is 14.2 Å². The van der Waals surface area contributed by atoms with Crippen molar-refractivity contribution >= 4 is 0 Å². The average molecular weight is 269 g/mol. The van der Waals surface area contributed by atoms with Crippen molar-refractivity contribution in [1.82, 2.24) is 5.32 Å². The van der Waals surface area contributed by atoms with Crippen LogP contribution in [0, 0.1) is 5.82 Å². The van der Waals surface area contributed by atoms with Gasteiger partial charge in [-0.3, -0.25) is 0 Å². The van der Waals surface area contributed by atoms with Crippen LogP contribution in [0.3, 0.4) is 0 Å². The molecule has 1 rings (SSSR count). The zero-order chi connectivity index (χ0) is 14.1. The first-order valence-electron chi connectivity index (χ1n) is 6.86. The highest BCUT2D eigenvalue weighted by Crippen LogP contribution is 2.07. The summed E-state index contributed by atoms with van der Waals surface area (Å²) in [5, 5.41) is 13.0. The van der Waals surface area contributed by atoms with E-state index in [0.717, 1.165) is 12.8 Å². The molecule has 1 aromatic rings. The molecule has 0 spiro atoms. The van der Waals surface area contributed by atoms with Crippen LogP contribution in [0.4, 0.5) is 4.39 Å². The van der Waals surface area contributed by atoms with Crippen LogP contribution in [0.2, 0.25) is 0 Å². The topological polar surface area (TPSA) is 41.5 Å². The summed E-state index contributed by atoms with van der Waals surface area (Å²) >= 11 is 0. The molecule has 108 valence electrons. The Morgan fingerprint density at radius 2 is 2.11 bits per heavy atom. The zero-order valence-corrected chi connectivity index (χ0v) is 11.7. The molecule has 2 unspecified atom stereocenters. The fourth-order valence-electron chi connectivity index (χ4n) is 1.85. The SMILES string of the molecule is CCCC(C)NCC(O)COCc1ccccc1F. The summed E-state index contributed by atoms with van der Waals surface area (Å²) < 4.78 is 18.6. The van der Waals surface area contributed by atoms with Gasteiger partial charge < -0.3 is 15.2 Å². The first kappa shape index (κ1) is 16.1. The monoisotopic (exact) mass is 269 g/mol. The zero-order valence-electron chi connectivity index (χ0n) is 11.7. The summed E-state index contributed by atoms with van der Waals surface area (Å²) in [5.41, 5.74) is 0.516. The lowest BCUT2D eigenvalue weighted by Crippen LogP contribution is -2.35. The average Bonchev–Trinajstić information content (AvgIpc) is 2.39. The molecule has 0 heterocycles. The third-order valence-electron chi connectivity index (χ3n) is 2.95. The van der Waals surface area contributed by atoms with Gasteiger partial charge in [0.05, 0.1) is 19.3 Å². The molecule has 2 N–H and O–H groups in total. The van der Waals surface area contributed by atoms with Crippen molar-refractivity contribution in [3.8, 4) is 0 Å². The van der Waals surface area contributed by atoms with E-state index in [0.29, 0.717) is 18.2 Å². The van der Waals surface area contributed by atoms with Gasteiger partial charge in [0.1, 0.15) is 5.82 Å². The van der Waals surface area contributed by atoms with E-state index in [-0.39, 0.29) is 19.0 Å². The van der Waals surface area contributed by atoms with Crippen molar-refractivity contribution in [3.63, 3.8) is 0 Å². The molecule has 0 radical (unpaired) electrons. The fourth-order valence-corrected chi connectivity index (χ4v) is 1.85. The van der Waals surface area contributed by atoms with E-state index in [2.05, 4.69) is 19.2 Å². The van der Waals surface area contributed by atoms with Crippen molar-refractivity contribution in [3.05, 3.63) is 35.6 Å². The van der Waals surface area contributed by atoms with Crippen molar-refractivity contribution in [1.29, 1.82) is 0 Å². The summed E-state index contributed by atoms with van der Waals surface area (Å²) in [7, 11) is 0. The largest absolute Gasteiger partial charge is 0.389 e. The maximum Gasteiger partial charge on any atom is 0.128 e. The number of rotatable bonds is 9. The normalized spacial score (nSPS) is 14.3. The Morgan fingerprint density at radius 3 is 2.79 bits per heavy atom. The van der Waals surface area contributed by atoms with Crippen LogP contribution >= 0.6 is 0 Å². The number of aliphatic hydroxyl groups is 1. The van der Waals surface area contributed by atoms with Crippen LogP contribution in [-0.4, -0.2) is 30.4 Å². The number of ether oxygens (including phenoxy) is 1. The Kier molecular flexibility index (Phi) is 7.63. The first-order chi connectivity index (χ1) is 9.13. The molecule has 19 heavy (non-hydrogen) atoms. The molecule has 0 aliphatic carbocycles. The Bertz CT molecular complexity index is 360. The molecule has 0 bridgehead atoms. The second kappa shape index (κ2) is 9.02. The van der Waals surface area contributed by atoms with Gasteiger partial charge >= 0.3 is 0 Å². The molecule has 0 amide bonds. The molecular formula is C15H24FNO2.